The molecule has 0 saturated heterocycles. The summed E-state index contributed by atoms with van der Waals surface area (Å²) in [5.41, 5.74) is -0.213. The van der Waals surface area contributed by atoms with Crippen LogP contribution in [0.2, 0.25) is 5.02 Å². The molecular formula is C13H17ClF3NO. The van der Waals surface area contributed by atoms with Crippen LogP contribution in [0, 0.1) is 0 Å². The van der Waals surface area contributed by atoms with Crippen molar-refractivity contribution in [2.75, 3.05) is 13.2 Å². The maximum atomic E-state index is 12.7. The molecule has 19 heavy (non-hydrogen) atoms. The molecule has 0 spiro atoms. The Hall–Kier alpha value is -0.780. The Morgan fingerprint density at radius 2 is 2.05 bits per heavy atom. The third-order valence-electron chi connectivity index (χ3n) is 2.71. The largest absolute Gasteiger partial charge is 0.417 e. The molecule has 1 rings (SSSR count). The maximum Gasteiger partial charge on any atom is 0.417 e. The van der Waals surface area contributed by atoms with Crippen molar-refractivity contribution in [3.8, 4) is 0 Å². The molecule has 1 unspecified atom stereocenters. The number of nitrogens with one attached hydrogen (secondary N) is 1. The molecular weight excluding hydrogens is 279 g/mol. The van der Waals surface area contributed by atoms with E-state index in [4.69, 9.17) is 16.7 Å². The Balaban J connectivity index is 2.69. The van der Waals surface area contributed by atoms with E-state index in [1.165, 1.54) is 6.07 Å². The molecule has 2 nitrogen and oxygen atoms in total. The molecule has 1 atom stereocenters. The molecule has 0 amide bonds. The minimum atomic E-state index is -4.43. The molecule has 0 bridgehead atoms. The Morgan fingerprint density at radius 1 is 1.37 bits per heavy atom. The predicted molar refractivity (Wildman–Crippen MR) is 69.3 cm³/mol. The second kappa shape index (κ2) is 7.12. The summed E-state index contributed by atoms with van der Waals surface area (Å²) in [5.74, 6) is 0. The first-order valence-corrected chi connectivity index (χ1v) is 6.42. The molecule has 0 aliphatic carbocycles. The lowest BCUT2D eigenvalue weighted by Gasteiger charge is -2.15. The first-order chi connectivity index (χ1) is 8.84. The summed E-state index contributed by atoms with van der Waals surface area (Å²) in [7, 11) is 0. The van der Waals surface area contributed by atoms with Crippen LogP contribution in [0.5, 0.6) is 0 Å². The zero-order chi connectivity index (χ0) is 14.5. The van der Waals surface area contributed by atoms with Gasteiger partial charge in [-0.1, -0.05) is 17.7 Å². The van der Waals surface area contributed by atoms with Gasteiger partial charge in [0.05, 0.1) is 10.6 Å². The number of rotatable bonds is 6. The third kappa shape index (κ3) is 5.38. The quantitative estimate of drug-likeness (QED) is 0.790. The highest BCUT2D eigenvalue weighted by molar-refractivity contribution is 6.31. The zero-order valence-electron chi connectivity index (χ0n) is 10.6. The molecule has 0 aromatic heterocycles. The lowest BCUT2D eigenvalue weighted by Crippen LogP contribution is -2.29. The van der Waals surface area contributed by atoms with Crippen LogP contribution in [0.1, 0.15) is 24.5 Å². The van der Waals surface area contributed by atoms with E-state index < -0.39 is 11.7 Å². The predicted octanol–water partition coefficient (Wildman–Crippen LogP) is 3.26. The molecule has 0 heterocycles. The number of aliphatic hydroxyl groups is 1. The SMILES string of the molecule is CC(Cc1ccc(Cl)c(C(F)(F)F)c1)NCCCO. The van der Waals surface area contributed by atoms with E-state index in [0.29, 0.717) is 24.9 Å². The van der Waals surface area contributed by atoms with Crippen molar-refractivity contribution >= 4 is 11.6 Å². The lowest BCUT2D eigenvalue weighted by molar-refractivity contribution is -0.137. The fraction of sp³-hybridized carbons (Fsp3) is 0.538. The Bertz CT molecular complexity index is 409. The average molecular weight is 296 g/mol. The Morgan fingerprint density at radius 3 is 2.63 bits per heavy atom. The lowest BCUT2D eigenvalue weighted by atomic mass is 10.0. The smallest absolute Gasteiger partial charge is 0.396 e. The first-order valence-electron chi connectivity index (χ1n) is 6.04. The van der Waals surface area contributed by atoms with Gasteiger partial charge < -0.3 is 10.4 Å². The van der Waals surface area contributed by atoms with Crippen molar-refractivity contribution in [2.24, 2.45) is 0 Å². The summed E-state index contributed by atoms with van der Waals surface area (Å²) in [6.07, 6.45) is -3.33. The number of hydrogen-bond acceptors (Lipinski definition) is 2. The number of hydrogen-bond donors (Lipinski definition) is 2. The van der Waals surface area contributed by atoms with Crippen LogP contribution in [0.4, 0.5) is 13.2 Å². The number of halogens is 4. The van der Waals surface area contributed by atoms with Crippen LogP contribution in [0.25, 0.3) is 0 Å². The van der Waals surface area contributed by atoms with E-state index in [1.807, 2.05) is 6.92 Å². The van der Waals surface area contributed by atoms with Crippen molar-refractivity contribution in [3.63, 3.8) is 0 Å². The molecule has 0 aliphatic heterocycles. The molecule has 1 aromatic carbocycles. The average Bonchev–Trinajstić information content (AvgIpc) is 2.30. The van der Waals surface area contributed by atoms with Crippen molar-refractivity contribution < 1.29 is 18.3 Å². The van der Waals surface area contributed by atoms with Gasteiger partial charge in [-0.15, -0.1) is 0 Å². The molecule has 0 fully saturated rings. The number of aliphatic hydroxyl groups excluding tert-OH is 1. The normalized spacial score (nSPS) is 13.6. The van der Waals surface area contributed by atoms with Crippen LogP contribution in [-0.2, 0) is 12.6 Å². The van der Waals surface area contributed by atoms with Gasteiger partial charge in [0.15, 0.2) is 0 Å². The van der Waals surface area contributed by atoms with Gasteiger partial charge in [0.1, 0.15) is 0 Å². The van der Waals surface area contributed by atoms with Crippen LogP contribution in [0.3, 0.4) is 0 Å². The third-order valence-corrected chi connectivity index (χ3v) is 3.04. The van der Waals surface area contributed by atoms with Crippen LogP contribution >= 0.6 is 11.6 Å². The van der Waals surface area contributed by atoms with Gasteiger partial charge in [0.25, 0.3) is 0 Å². The molecule has 2 N–H and O–H groups in total. The summed E-state index contributed by atoms with van der Waals surface area (Å²) < 4.78 is 38.1. The van der Waals surface area contributed by atoms with E-state index in [1.54, 1.807) is 6.07 Å². The van der Waals surface area contributed by atoms with E-state index in [0.717, 1.165) is 6.07 Å². The van der Waals surface area contributed by atoms with Gasteiger partial charge in [-0.2, -0.15) is 13.2 Å². The molecule has 0 saturated carbocycles. The minimum Gasteiger partial charge on any atom is -0.396 e. The Labute approximate surface area is 115 Å². The fourth-order valence-electron chi connectivity index (χ4n) is 1.77. The molecule has 0 radical (unpaired) electrons. The van der Waals surface area contributed by atoms with Crippen molar-refractivity contribution in [1.82, 2.24) is 5.32 Å². The molecule has 108 valence electrons. The van der Waals surface area contributed by atoms with Gasteiger partial charge >= 0.3 is 6.18 Å². The zero-order valence-corrected chi connectivity index (χ0v) is 11.4. The standard InChI is InChI=1S/C13H17ClF3NO/c1-9(18-5-2-6-19)7-10-3-4-12(14)11(8-10)13(15,16)17/h3-4,8-9,18-19H,2,5-7H2,1H3. The summed E-state index contributed by atoms with van der Waals surface area (Å²) in [6, 6.07) is 4.00. The van der Waals surface area contributed by atoms with E-state index >= 15 is 0 Å². The molecule has 6 heteroatoms. The van der Waals surface area contributed by atoms with Crippen LogP contribution < -0.4 is 5.32 Å². The van der Waals surface area contributed by atoms with E-state index in [2.05, 4.69) is 5.32 Å². The highest BCUT2D eigenvalue weighted by Crippen LogP contribution is 2.35. The molecule has 0 aliphatic rings. The highest BCUT2D eigenvalue weighted by Gasteiger charge is 2.33. The second-order valence-electron chi connectivity index (χ2n) is 4.45. The van der Waals surface area contributed by atoms with E-state index in [-0.39, 0.29) is 17.7 Å². The maximum absolute atomic E-state index is 12.7. The summed E-state index contributed by atoms with van der Waals surface area (Å²) in [6.45, 7) is 2.62. The summed E-state index contributed by atoms with van der Waals surface area (Å²) in [5, 5.41) is 11.5. The van der Waals surface area contributed by atoms with Crippen molar-refractivity contribution in [1.29, 1.82) is 0 Å². The number of benzene rings is 1. The highest BCUT2D eigenvalue weighted by atomic mass is 35.5. The number of alkyl halides is 3. The van der Waals surface area contributed by atoms with Crippen LogP contribution in [0.15, 0.2) is 18.2 Å². The van der Waals surface area contributed by atoms with Gasteiger partial charge in [0, 0.05) is 12.6 Å². The summed E-state index contributed by atoms with van der Waals surface area (Å²) >= 11 is 5.56. The van der Waals surface area contributed by atoms with Crippen molar-refractivity contribution in [3.05, 3.63) is 34.3 Å². The minimum absolute atomic E-state index is 0.0359. The Kier molecular flexibility index (Phi) is 6.10. The van der Waals surface area contributed by atoms with Crippen LogP contribution in [-0.4, -0.2) is 24.3 Å². The van der Waals surface area contributed by atoms with Gasteiger partial charge in [-0.05, 0) is 44.0 Å². The first kappa shape index (κ1) is 16.3. The monoisotopic (exact) mass is 295 g/mol. The fourth-order valence-corrected chi connectivity index (χ4v) is 1.99. The van der Waals surface area contributed by atoms with Gasteiger partial charge in [0.2, 0.25) is 0 Å². The second-order valence-corrected chi connectivity index (χ2v) is 4.86. The molecule has 1 aromatic rings. The van der Waals surface area contributed by atoms with Gasteiger partial charge in [-0.3, -0.25) is 0 Å². The van der Waals surface area contributed by atoms with E-state index in [9.17, 15) is 13.2 Å². The van der Waals surface area contributed by atoms with Gasteiger partial charge in [-0.25, -0.2) is 0 Å². The summed E-state index contributed by atoms with van der Waals surface area (Å²) in [4.78, 5) is 0. The van der Waals surface area contributed by atoms with Crippen molar-refractivity contribution in [2.45, 2.75) is 32.0 Å². The topological polar surface area (TPSA) is 32.3 Å².